The summed E-state index contributed by atoms with van der Waals surface area (Å²) in [5, 5.41) is 20.6. The second kappa shape index (κ2) is 8.11. The Morgan fingerprint density at radius 1 is 1.23 bits per heavy atom. The molecule has 150 valence electrons. The van der Waals surface area contributed by atoms with Crippen LogP contribution >= 0.6 is 0 Å². The van der Waals surface area contributed by atoms with Gasteiger partial charge in [-0.2, -0.15) is 5.26 Å². The number of benzene rings is 2. The summed E-state index contributed by atoms with van der Waals surface area (Å²) in [6, 6.07) is 16.3. The van der Waals surface area contributed by atoms with Crippen molar-refractivity contribution in [2.75, 3.05) is 13.7 Å². The van der Waals surface area contributed by atoms with Crippen LogP contribution in [0.1, 0.15) is 21.9 Å². The van der Waals surface area contributed by atoms with E-state index < -0.39 is 18.3 Å². The van der Waals surface area contributed by atoms with Gasteiger partial charge in [-0.1, -0.05) is 30.3 Å². The van der Waals surface area contributed by atoms with Crippen molar-refractivity contribution in [1.29, 1.82) is 5.26 Å². The maximum Gasteiger partial charge on any atom is 0.375 e. The van der Waals surface area contributed by atoms with Crippen LogP contribution in [0, 0.1) is 11.3 Å². The number of aromatic nitrogens is 2. The number of hydrogen-bond donors (Lipinski definition) is 2. The number of esters is 1. The van der Waals surface area contributed by atoms with E-state index in [4.69, 9.17) is 13.9 Å². The zero-order valence-electron chi connectivity index (χ0n) is 16.0. The maximum absolute atomic E-state index is 12.6. The highest BCUT2D eigenvalue weighted by Gasteiger charge is 2.23. The number of nitrogens with one attached hydrogen (secondary N) is 1. The maximum atomic E-state index is 12.6. The molecule has 2 heterocycles. The van der Waals surface area contributed by atoms with Crippen LogP contribution in [-0.4, -0.2) is 34.8 Å². The lowest BCUT2D eigenvalue weighted by Crippen LogP contribution is -2.10. The van der Waals surface area contributed by atoms with E-state index in [1.165, 1.54) is 7.11 Å². The number of carbonyl (C=O) groups is 1. The van der Waals surface area contributed by atoms with Gasteiger partial charge in [0.1, 0.15) is 17.2 Å². The standard InChI is InChI=1S/C22H17N3O5/c1-28-11-15-13-6-2-5-9-19(13)30-20(15)22(27)29-12-18(26)14(10-23)21-24-16-7-3-4-8-17(16)25-21/h2-9,26H,11-12H2,1H3,(H,24,25). The van der Waals surface area contributed by atoms with E-state index in [2.05, 4.69) is 9.97 Å². The highest BCUT2D eigenvalue weighted by atomic mass is 16.6. The summed E-state index contributed by atoms with van der Waals surface area (Å²) in [4.78, 5) is 19.8. The van der Waals surface area contributed by atoms with Crippen molar-refractivity contribution in [2.45, 2.75) is 6.61 Å². The van der Waals surface area contributed by atoms with Crippen molar-refractivity contribution in [1.82, 2.24) is 9.97 Å². The lowest BCUT2D eigenvalue weighted by Gasteiger charge is -2.05. The van der Waals surface area contributed by atoms with Gasteiger partial charge in [0.25, 0.3) is 0 Å². The van der Waals surface area contributed by atoms with Crippen molar-refractivity contribution < 1.29 is 23.8 Å². The summed E-state index contributed by atoms with van der Waals surface area (Å²) in [6.07, 6.45) is 0. The molecule has 0 fully saturated rings. The monoisotopic (exact) mass is 403 g/mol. The number of aliphatic hydroxyl groups excluding tert-OH is 1. The van der Waals surface area contributed by atoms with Gasteiger partial charge in [0.05, 0.1) is 17.6 Å². The second-order valence-corrected chi connectivity index (χ2v) is 6.45. The molecule has 0 unspecified atom stereocenters. The van der Waals surface area contributed by atoms with Crippen molar-refractivity contribution in [2.24, 2.45) is 0 Å². The summed E-state index contributed by atoms with van der Waals surface area (Å²) >= 11 is 0. The van der Waals surface area contributed by atoms with Gasteiger partial charge in [0.15, 0.2) is 18.2 Å². The molecular formula is C22H17N3O5. The van der Waals surface area contributed by atoms with Gasteiger partial charge < -0.3 is 24.0 Å². The molecule has 0 radical (unpaired) electrons. The topological polar surface area (TPSA) is 121 Å². The summed E-state index contributed by atoms with van der Waals surface area (Å²) in [5.74, 6) is -1.01. The lowest BCUT2D eigenvalue weighted by atomic mass is 10.1. The van der Waals surface area contributed by atoms with Crippen LogP contribution in [0.15, 0.2) is 58.7 Å². The third-order valence-electron chi connectivity index (χ3n) is 4.54. The highest BCUT2D eigenvalue weighted by Crippen LogP contribution is 2.27. The molecule has 0 aliphatic heterocycles. The summed E-state index contributed by atoms with van der Waals surface area (Å²) in [5.41, 5.74) is 2.34. The third-order valence-corrected chi connectivity index (χ3v) is 4.54. The minimum Gasteiger partial charge on any atom is -0.507 e. The van der Waals surface area contributed by atoms with Crippen LogP contribution in [-0.2, 0) is 16.1 Å². The molecule has 4 rings (SSSR count). The summed E-state index contributed by atoms with van der Waals surface area (Å²) in [6.45, 7) is -0.353. The van der Waals surface area contributed by atoms with E-state index in [0.29, 0.717) is 16.7 Å². The zero-order valence-corrected chi connectivity index (χ0v) is 16.0. The number of furan rings is 1. The molecule has 8 nitrogen and oxygen atoms in total. The number of aliphatic hydroxyl groups is 1. The molecule has 30 heavy (non-hydrogen) atoms. The van der Waals surface area contributed by atoms with Crippen molar-refractivity contribution >= 4 is 33.5 Å². The summed E-state index contributed by atoms with van der Waals surface area (Å²) < 4.78 is 16.0. The van der Waals surface area contributed by atoms with Crippen LogP contribution in [0.5, 0.6) is 0 Å². The molecule has 0 aliphatic carbocycles. The fourth-order valence-electron chi connectivity index (χ4n) is 3.15. The normalized spacial score (nSPS) is 12.0. The Kier molecular flexibility index (Phi) is 5.20. The molecule has 0 spiro atoms. The first-order valence-corrected chi connectivity index (χ1v) is 9.06. The number of allylic oxidation sites excluding steroid dienone is 1. The van der Waals surface area contributed by atoms with Crippen LogP contribution in [0.2, 0.25) is 0 Å². The average molecular weight is 403 g/mol. The molecule has 0 atom stereocenters. The number of nitrogens with zero attached hydrogens (tertiary/aromatic N) is 2. The van der Waals surface area contributed by atoms with Gasteiger partial charge in [0, 0.05) is 18.1 Å². The molecule has 2 aromatic heterocycles. The van der Waals surface area contributed by atoms with Crippen LogP contribution in [0.4, 0.5) is 0 Å². The number of ether oxygens (including phenoxy) is 2. The predicted octanol–water partition coefficient (Wildman–Crippen LogP) is 4.11. The van der Waals surface area contributed by atoms with E-state index >= 15 is 0 Å². The van der Waals surface area contributed by atoms with Crippen LogP contribution in [0.3, 0.4) is 0 Å². The van der Waals surface area contributed by atoms with Gasteiger partial charge in [-0.3, -0.25) is 0 Å². The first-order valence-electron chi connectivity index (χ1n) is 9.06. The molecule has 0 aliphatic rings. The Hall–Kier alpha value is -4.09. The molecule has 0 bridgehead atoms. The fraction of sp³-hybridized carbons (Fsp3) is 0.136. The molecule has 0 saturated carbocycles. The molecule has 0 saturated heterocycles. The molecule has 4 aromatic rings. The number of methoxy groups -OCH3 is 1. The van der Waals surface area contributed by atoms with Crippen LogP contribution < -0.4 is 0 Å². The number of imidazole rings is 1. The Morgan fingerprint density at radius 2 is 2.00 bits per heavy atom. The van der Waals surface area contributed by atoms with Crippen molar-refractivity contribution in [3.05, 3.63) is 71.4 Å². The SMILES string of the molecule is COCc1c(C(=O)OCC(O)=C(C#N)c2nc3ccccc3[nH]2)oc2ccccc12. The van der Waals surface area contributed by atoms with E-state index in [1.54, 1.807) is 24.3 Å². The van der Waals surface area contributed by atoms with Gasteiger partial charge in [0.2, 0.25) is 5.76 Å². The average Bonchev–Trinajstić information content (AvgIpc) is 3.34. The minimum absolute atomic E-state index is 0.00639. The minimum atomic E-state index is -0.772. The van der Waals surface area contributed by atoms with E-state index in [1.807, 2.05) is 30.3 Å². The van der Waals surface area contributed by atoms with E-state index in [0.717, 1.165) is 10.9 Å². The predicted molar refractivity (Wildman–Crippen MR) is 108 cm³/mol. The largest absolute Gasteiger partial charge is 0.507 e. The number of fused-ring (bicyclic) bond motifs is 2. The zero-order chi connectivity index (χ0) is 21.1. The smallest absolute Gasteiger partial charge is 0.375 e. The van der Waals surface area contributed by atoms with Gasteiger partial charge in [-0.15, -0.1) is 0 Å². The van der Waals surface area contributed by atoms with Crippen LogP contribution in [0.25, 0.3) is 27.6 Å². The number of rotatable bonds is 6. The number of hydrogen-bond acceptors (Lipinski definition) is 7. The molecule has 2 N–H and O–H groups in total. The Balaban J connectivity index is 1.59. The molecule has 8 heteroatoms. The van der Waals surface area contributed by atoms with Gasteiger partial charge in [-0.25, -0.2) is 9.78 Å². The number of nitriles is 1. The lowest BCUT2D eigenvalue weighted by molar-refractivity contribution is 0.0463. The number of H-pyrrole nitrogens is 1. The third kappa shape index (κ3) is 3.50. The molecular weight excluding hydrogens is 386 g/mol. The van der Waals surface area contributed by atoms with E-state index in [-0.39, 0.29) is 23.8 Å². The van der Waals surface area contributed by atoms with Gasteiger partial charge >= 0.3 is 5.97 Å². The highest BCUT2D eigenvalue weighted by molar-refractivity contribution is 5.96. The van der Waals surface area contributed by atoms with Crippen molar-refractivity contribution in [3.8, 4) is 6.07 Å². The van der Waals surface area contributed by atoms with E-state index in [9.17, 15) is 15.2 Å². The quantitative estimate of drug-likeness (QED) is 0.282. The van der Waals surface area contributed by atoms with Gasteiger partial charge in [-0.05, 0) is 18.2 Å². The Morgan fingerprint density at radius 3 is 2.77 bits per heavy atom. The second-order valence-electron chi connectivity index (χ2n) is 6.45. The number of carbonyl (C=O) groups excluding carboxylic acids is 1. The Labute approximate surface area is 171 Å². The molecule has 2 aromatic carbocycles. The molecule has 0 amide bonds. The fourth-order valence-corrected chi connectivity index (χ4v) is 3.15. The number of para-hydroxylation sites is 3. The Bertz CT molecular complexity index is 1280. The summed E-state index contributed by atoms with van der Waals surface area (Å²) in [7, 11) is 1.51. The first-order chi connectivity index (χ1) is 14.6. The number of aromatic amines is 1. The first kappa shape index (κ1) is 19.2. The van der Waals surface area contributed by atoms with Crippen molar-refractivity contribution in [3.63, 3.8) is 0 Å².